The summed E-state index contributed by atoms with van der Waals surface area (Å²) in [4.78, 5) is 6.62. The summed E-state index contributed by atoms with van der Waals surface area (Å²) in [5.41, 5.74) is 1.19. The molecule has 0 bridgehead atoms. The summed E-state index contributed by atoms with van der Waals surface area (Å²) in [6.45, 7) is 10.6. The van der Waals surface area contributed by atoms with E-state index in [0.717, 1.165) is 57.4 Å². The van der Waals surface area contributed by atoms with E-state index in [1.807, 2.05) is 29.1 Å². The first kappa shape index (κ1) is 25.2. The number of nitrogens with zero attached hydrogens (tertiary/aromatic N) is 4. The number of ether oxygens (including phenoxy) is 1. The van der Waals surface area contributed by atoms with E-state index in [-0.39, 0.29) is 24.0 Å². The molecule has 0 radical (unpaired) electrons. The van der Waals surface area contributed by atoms with Gasteiger partial charge in [-0.15, -0.1) is 24.0 Å². The first-order valence-corrected chi connectivity index (χ1v) is 10.1. The molecule has 0 fully saturated rings. The average Bonchev–Trinajstić information content (AvgIpc) is 3.25. The number of benzene rings is 1. The molecule has 2 N–H and O–H groups in total. The minimum absolute atomic E-state index is 0. The van der Waals surface area contributed by atoms with Crippen LogP contribution in [-0.4, -0.2) is 60.5 Å². The van der Waals surface area contributed by atoms with E-state index in [2.05, 4.69) is 51.6 Å². The minimum Gasteiger partial charge on any atom is -0.492 e. The topological polar surface area (TPSA) is 66.7 Å². The number of hydrogen-bond acceptors (Lipinski definition) is 4. The van der Waals surface area contributed by atoms with Crippen molar-refractivity contribution in [3.8, 4) is 5.75 Å². The monoisotopic (exact) mass is 514 g/mol. The average molecular weight is 514 g/mol. The molecule has 0 saturated heterocycles. The van der Waals surface area contributed by atoms with E-state index in [9.17, 15) is 0 Å². The quantitative estimate of drug-likeness (QED) is 0.197. The van der Waals surface area contributed by atoms with Crippen molar-refractivity contribution in [2.45, 2.75) is 33.4 Å². The Morgan fingerprint density at radius 2 is 1.93 bits per heavy atom. The number of hydrogen-bond donors (Lipinski definition) is 2. The maximum absolute atomic E-state index is 5.83. The van der Waals surface area contributed by atoms with Crippen molar-refractivity contribution in [3.05, 3.63) is 48.3 Å². The number of guanidine groups is 1. The van der Waals surface area contributed by atoms with E-state index in [1.165, 1.54) is 5.56 Å². The van der Waals surface area contributed by atoms with Crippen LogP contribution in [0, 0.1) is 0 Å². The summed E-state index contributed by atoms with van der Waals surface area (Å²) in [5.74, 6) is 1.72. The third kappa shape index (κ3) is 9.98. The van der Waals surface area contributed by atoms with E-state index in [1.54, 1.807) is 13.2 Å². The molecule has 7 nitrogen and oxygen atoms in total. The predicted molar refractivity (Wildman–Crippen MR) is 130 cm³/mol. The van der Waals surface area contributed by atoms with Crippen molar-refractivity contribution in [1.82, 2.24) is 25.3 Å². The Morgan fingerprint density at radius 1 is 1.17 bits per heavy atom. The fourth-order valence-corrected chi connectivity index (χ4v) is 2.82. The molecular formula is C21H35IN6O. The van der Waals surface area contributed by atoms with E-state index < -0.39 is 0 Å². The molecule has 0 unspecified atom stereocenters. The molecule has 0 saturated carbocycles. The van der Waals surface area contributed by atoms with Gasteiger partial charge in [0, 0.05) is 45.6 Å². The van der Waals surface area contributed by atoms with Crippen LogP contribution in [0.1, 0.15) is 25.8 Å². The highest BCUT2D eigenvalue weighted by Crippen LogP contribution is 2.12. The summed E-state index contributed by atoms with van der Waals surface area (Å²) in [7, 11) is 1.79. The molecule has 2 rings (SSSR count). The van der Waals surface area contributed by atoms with Gasteiger partial charge in [-0.1, -0.05) is 26.0 Å². The molecule has 0 atom stereocenters. The molecule has 2 aromatic rings. The Kier molecular flexibility index (Phi) is 13.1. The van der Waals surface area contributed by atoms with Crippen molar-refractivity contribution in [2.24, 2.45) is 4.99 Å². The van der Waals surface area contributed by atoms with Gasteiger partial charge < -0.3 is 20.3 Å². The fraction of sp³-hybridized carbons (Fsp3) is 0.524. The normalized spacial score (nSPS) is 11.2. The molecule has 162 valence electrons. The highest BCUT2D eigenvalue weighted by atomic mass is 127. The Bertz CT molecular complexity index is 671. The van der Waals surface area contributed by atoms with E-state index in [0.29, 0.717) is 6.61 Å². The number of rotatable bonds is 12. The zero-order chi connectivity index (χ0) is 20.0. The fourth-order valence-electron chi connectivity index (χ4n) is 2.82. The van der Waals surface area contributed by atoms with Crippen molar-refractivity contribution in [2.75, 3.05) is 39.8 Å². The smallest absolute Gasteiger partial charge is 0.191 e. The number of nitrogens with one attached hydrogen (secondary N) is 2. The van der Waals surface area contributed by atoms with Crippen molar-refractivity contribution in [3.63, 3.8) is 0 Å². The molecule has 0 aliphatic rings. The number of aryl methyl sites for hydroxylation is 1. The van der Waals surface area contributed by atoms with Gasteiger partial charge in [0.2, 0.25) is 0 Å². The van der Waals surface area contributed by atoms with Crippen molar-refractivity contribution in [1.29, 1.82) is 0 Å². The third-order valence-electron chi connectivity index (χ3n) is 4.59. The Hall–Kier alpha value is -1.81. The molecule has 8 heteroatoms. The maximum Gasteiger partial charge on any atom is 0.191 e. The van der Waals surface area contributed by atoms with Crippen LogP contribution in [0.4, 0.5) is 0 Å². The number of halogens is 1. The summed E-state index contributed by atoms with van der Waals surface area (Å²) in [6, 6.07) is 10.2. The Labute approximate surface area is 191 Å². The molecule has 0 aliphatic carbocycles. The molecular weight excluding hydrogens is 479 g/mol. The second kappa shape index (κ2) is 15.1. The number of likely N-dealkylation sites (N-methyl/N-ethyl adjacent to an activating group) is 1. The molecule has 29 heavy (non-hydrogen) atoms. The zero-order valence-corrected chi connectivity index (χ0v) is 20.1. The molecule has 1 aromatic carbocycles. The molecule has 0 spiro atoms. The lowest BCUT2D eigenvalue weighted by Gasteiger charge is -2.18. The van der Waals surface area contributed by atoms with Gasteiger partial charge >= 0.3 is 0 Å². The van der Waals surface area contributed by atoms with Gasteiger partial charge in [-0.25, -0.2) is 0 Å². The van der Waals surface area contributed by atoms with Crippen LogP contribution in [0.3, 0.4) is 0 Å². The Balaban J connectivity index is 0.00000420. The predicted octanol–water partition coefficient (Wildman–Crippen LogP) is 2.98. The van der Waals surface area contributed by atoms with Gasteiger partial charge in [-0.3, -0.25) is 9.67 Å². The van der Waals surface area contributed by atoms with Crippen LogP contribution in [0.2, 0.25) is 0 Å². The van der Waals surface area contributed by atoms with Crippen molar-refractivity contribution >= 4 is 29.9 Å². The lowest BCUT2D eigenvalue weighted by Crippen LogP contribution is -2.37. The molecule has 1 aromatic heterocycles. The first-order chi connectivity index (χ1) is 13.7. The summed E-state index contributed by atoms with van der Waals surface area (Å²) >= 11 is 0. The van der Waals surface area contributed by atoms with Crippen LogP contribution < -0.4 is 15.4 Å². The van der Waals surface area contributed by atoms with Crippen molar-refractivity contribution < 1.29 is 4.74 Å². The summed E-state index contributed by atoms with van der Waals surface area (Å²) in [6.07, 6.45) is 4.77. The van der Waals surface area contributed by atoms with Gasteiger partial charge in [0.05, 0.1) is 0 Å². The second-order valence-corrected chi connectivity index (χ2v) is 6.49. The largest absolute Gasteiger partial charge is 0.492 e. The highest BCUT2D eigenvalue weighted by molar-refractivity contribution is 14.0. The van der Waals surface area contributed by atoms with E-state index >= 15 is 0 Å². The lowest BCUT2D eigenvalue weighted by molar-refractivity contribution is 0.223. The minimum atomic E-state index is 0. The van der Waals surface area contributed by atoms with Gasteiger partial charge in [-0.05, 0) is 43.3 Å². The maximum atomic E-state index is 5.83. The second-order valence-electron chi connectivity index (χ2n) is 6.49. The van der Waals surface area contributed by atoms with Crippen LogP contribution in [0.15, 0.2) is 47.7 Å². The summed E-state index contributed by atoms with van der Waals surface area (Å²) < 4.78 is 7.77. The molecule has 0 aliphatic heterocycles. The van der Waals surface area contributed by atoms with Crippen LogP contribution >= 0.6 is 24.0 Å². The highest BCUT2D eigenvalue weighted by Gasteiger charge is 2.01. The van der Waals surface area contributed by atoms with Crippen LogP contribution in [-0.2, 0) is 13.1 Å². The van der Waals surface area contributed by atoms with Gasteiger partial charge in [0.25, 0.3) is 0 Å². The zero-order valence-electron chi connectivity index (χ0n) is 17.8. The molecule has 0 amide bonds. The summed E-state index contributed by atoms with van der Waals surface area (Å²) in [5, 5.41) is 10.9. The lowest BCUT2D eigenvalue weighted by atomic mass is 10.2. The SMILES string of the molecule is CCN(CC)CCOc1ccc(CNC(=NC)NCCCn2cccn2)cc1.I. The van der Waals surface area contributed by atoms with Crippen LogP contribution in [0.25, 0.3) is 0 Å². The van der Waals surface area contributed by atoms with E-state index in [4.69, 9.17) is 4.74 Å². The first-order valence-electron chi connectivity index (χ1n) is 10.1. The van der Waals surface area contributed by atoms with Gasteiger partial charge in [0.1, 0.15) is 12.4 Å². The standard InChI is InChI=1S/C21H34N6O.HI/c1-4-26(5-2)16-17-28-20-10-8-19(9-11-20)18-24-21(22-3)23-12-6-14-27-15-7-13-25-27;/h7-11,13,15H,4-6,12,14,16-18H2,1-3H3,(H2,22,23,24);1H. The third-order valence-corrected chi connectivity index (χ3v) is 4.59. The number of aromatic nitrogens is 2. The Morgan fingerprint density at radius 3 is 2.55 bits per heavy atom. The number of aliphatic imine (C=N–C) groups is 1. The van der Waals surface area contributed by atoms with Gasteiger partial charge in [-0.2, -0.15) is 5.10 Å². The van der Waals surface area contributed by atoms with Gasteiger partial charge in [0.15, 0.2) is 5.96 Å². The van der Waals surface area contributed by atoms with Crippen LogP contribution in [0.5, 0.6) is 5.75 Å². The molecule has 1 heterocycles.